The molecular formula is C21H21F3N4OS. The number of halogens is 3. The van der Waals surface area contributed by atoms with E-state index >= 15 is 0 Å². The summed E-state index contributed by atoms with van der Waals surface area (Å²) < 4.78 is 32.7. The van der Waals surface area contributed by atoms with Gasteiger partial charge in [-0.15, -0.1) is 11.3 Å². The molecule has 1 aliphatic carbocycles. The monoisotopic (exact) mass is 434 g/mol. The fourth-order valence-corrected chi connectivity index (χ4v) is 4.05. The van der Waals surface area contributed by atoms with E-state index in [1.807, 2.05) is 25.3 Å². The van der Waals surface area contributed by atoms with Crippen molar-refractivity contribution in [2.45, 2.75) is 38.8 Å². The lowest BCUT2D eigenvalue weighted by Gasteiger charge is -2.16. The number of hydrogen-bond acceptors (Lipinski definition) is 6. The number of aliphatic hydroxyl groups is 1. The number of fused-ring (bicyclic) bond motifs is 1. The Hall–Kier alpha value is -2.65. The van der Waals surface area contributed by atoms with Crippen LogP contribution in [0, 0.1) is 12.3 Å². The Morgan fingerprint density at radius 1 is 1.17 bits per heavy atom. The average Bonchev–Trinajstić information content (AvgIpc) is 3.10. The fourth-order valence-electron chi connectivity index (χ4n) is 3.03. The van der Waals surface area contributed by atoms with Crippen LogP contribution in [0.4, 0.5) is 13.2 Å². The number of aromatic nitrogens is 3. The minimum absolute atomic E-state index is 0.655. The predicted molar refractivity (Wildman–Crippen MR) is 111 cm³/mol. The van der Waals surface area contributed by atoms with E-state index in [0.29, 0.717) is 5.71 Å². The van der Waals surface area contributed by atoms with Crippen LogP contribution >= 0.6 is 11.3 Å². The molecule has 0 aromatic carbocycles. The van der Waals surface area contributed by atoms with Gasteiger partial charge >= 0.3 is 6.18 Å². The number of hydrogen-bond donors (Lipinski definition) is 2. The van der Waals surface area contributed by atoms with Gasteiger partial charge in [0.15, 0.2) is 0 Å². The fraction of sp³-hybridized carbons (Fsp3) is 0.333. The van der Waals surface area contributed by atoms with Gasteiger partial charge in [-0.3, -0.25) is 4.98 Å². The number of thiazole rings is 1. The molecule has 0 fully saturated rings. The van der Waals surface area contributed by atoms with E-state index in [0.717, 1.165) is 51.8 Å². The third-order valence-corrected chi connectivity index (χ3v) is 5.70. The van der Waals surface area contributed by atoms with Crippen LogP contribution in [0.15, 0.2) is 36.7 Å². The van der Waals surface area contributed by atoms with E-state index in [1.54, 1.807) is 17.5 Å². The Morgan fingerprint density at radius 3 is 2.60 bits per heavy atom. The lowest BCUT2D eigenvalue weighted by Crippen LogP contribution is -2.13. The molecule has 0 atom stereocenters. The van der Waals surface area contributed by atoms with E-state index in [4.69, 9.17) is 15.5 Å². The molecule has 1 aliphatic rings. The summed E-state index contributed by atoms with van der Waals surface area (Å²) in [5.74, 6) is 0. The van der Waals surface area contributed by atoms with Crippen LogP contribution in [0.5, 0.6) is 0 Å². The zero-order valence-corrected chi connectivity index (χ0v) is 17.1. The first-order valence-corrected chi connectivity index (χ1v) is 10.2. The Labute approximate surface area is 176 Å². The van der Waals surface area contributed by atoms with Crippen molar-refractivity contribution in [3.05, 3.63) is 53.6 Å². The van der Waals surface area contributed by atoms with Gasteiger partial charge in [-0.2, -0.15) is 13.2 Å². The maximum atomic E-state index is 10.9. The van der Waals surface area contributed by atoms with E-state index in [2.05, 4.69) is 22.1 Å². The summed E-state index contributed by atoms with van der Waals surface area (Å²) in [6.45, 7) is 1.20. The van der Waals surface area contributed by atoms with Gasteiger partial charge < -0.3 is 10.5 Å². The van der Waals surface area contributed by atoms with Crippen molar-refractivity contribution in [2.75, 3.05) is 6.61 Å². The average molecular weight is 434 g/mol. The Balaban J connectivity index is 0.000000318. The quantitative estimate of drug-likeness (QED) is 0.593. The zero-order chi connectivity index (χ0) is 21.7. The summed E-state index contributed by atoms with van der Waals surface area (Å²) in [6.07, 6.45) is 1.19. The number of alkyl halides is 3. The molecule has 158 valence electrons. The highest BCUT2D eigenvalue weighted by Gasteiger charge is 2.25. The molecule has 4 rings (SSSR count). The molecule has 0 amide bonds. The third kappa shape index (κ3) is 5.48. The van der Waals surface area contributed by atoms with Crippen LogP contribution in [-0.2, 0) is 6.42 Å². The van der Waals surface area contributed by atoms with Crippen LogP contribution < -0.4 is 0 Å². The maximum Gasteiger partial charge on any atom is 0.391 e. The minimum atomic E-state index is -4.20. The second-order valence-corrected chi connectivity index (χ2v) is 7.80. The number of nitrogens with zero attached hydrogens (tertiary/aromatic N) is 3. The van der Waals surface area contributed by atoms with Gasteiger partial charge in [-0.1, -0.05) is 6.07 Å². The summed E-state index contributed by atoms with van der Waals surface area (Å²) in [6, 6.07) is 8.12. The highest BCUT2D eigenvalue weighted by molar-refractivity contribution is 7.18. The summed E-state index contributed by atoms with van der Waals surface area (Å²) >= 11 is 1.63. The van der Waals surface area contributed by atoms with Crippen molar-refractivity contribution in [3.8, 4) is 21.1 Å². The Kier molecular flexibility index (Phi) is 6.94. The molecule has 3 aromatic heterocycles. The third-order valence-electron chi connectivity index (χ3n) is 4.47. The Morgan fingerprint density at radius 2 is 1.97 bits per heavy atom. The molecule has 2 N–H and O–H groups in total. The molecule has 5 nitrogen and oxygen atoms in total. The molecule has 0 unspecified atom stereocenters. The van der Waals surface area contributed by atoms with Gasteiger partial charge in [-0.05, 0) is 49.9 Å². The van der Waals surface area contributed by atoms with Crippen LogP contribution in [0.25, 0.3) is 21.1 Å². The molecule has 0 bridgehead atoms. The highest BCUT2D eigenvalue weighted by Crippen LogP contribution is 2.35. The van der Waals surface area contributed by atoms with Gasteiger partial charge in [0.25, 0.3) is 0 Å². The smallest absolute Gasteiger partial charge is 0.391 e. The molecule has 3 aromatic rings. The van der Waals surface area contributed by atoms with Crippen molar-refractivity contribution in [1.29, 1.82) is 5.41 Å². The number of nitrogens with one attached hydrogen (secondary N) is 1. The molecule has 0 saturated carbocycles. The van der Waals surface area contributed by atoms with E-state index < -0.39 is 19.2 Å². The van der Waals surface area contributed by atoms with Crippen LogP contribution in [0.3, 0.4) is 0 Å². The van der Waals surface area contributed by atoms with Gasteiger partial charge in [0.2, 0.25) is 0 Å². The standard InChI is InChI=1S/C18H16N4S.C3H5F3O/c1-11-17(23-18(21-11)13-5-3-9-20-10-13)15-8-7-12-4-2-6-14(19)16(12)22-15;4-3(5,6)1-2-7/h3,5,7-10,19H,2,4,6H2,1H3;7H,1-2H2. The second-order valence-electron chi connectivity index (χ2n) is 6.80. The van der Waals surface area contributed by atoms with Crippen molar-refractivity contribution in [2.24, 2.45) is 0 Å². The van der Waals surface area contributed by atoms with Crippen molar-refractivity contribution >= 4 is 17.0 Å². The van der Waals surface area contributed by atoms with E-state index in [-0.39, 0.29) is 0 Å². The lowest BCUT2D eigenvalue weighted by molar-refractivity contribution is -0.141. The van der Waals surface area contributed by atoms with Crippen LogP contribution in [0.1, 0.15) is 36.2 Å². The largest absolute Gasteiger partial charge is 0.396 e. The lowest BCUT2D eigenvalue weighted by atomic mass is 9.94. The first-order valence-electron chi connectivity index (χ1n) is 9.42. The zero-order valence-electron chi connectivity index (χ0n) is 16.3. The van der Waals surface area contributed by atoms with Crippen molar-refractivity contribution in [3.63, 3.8) is 0 Å². The molecule has 0 radical (unpaired) electrons. The molecule has 9 heteroatoms. The van der Waals surface area contributed by atoms with Crippen molar-refractivity contribution in [1.82, 2.24) is 15.0 Å². The molecule has 0 aliphatic heterocycles. The first-order chi connectivity index (χ1) is 14.3. The number of aryl methyl sites for hydroxylation is 2. The van der Waals surface area contributed by atoms with Gasteiger partial charge in [0.1, 0.15) is 5.01 Å². The second kappa shape index (κ2) is 9.44. The summed E-state index contributed by atoms with van der Waals surface area (Å²) in [7, 11) is 0. The molecule has 0 saturated heterocycles. The normalized spacial score (nSPS) is 13.4. The molecule has 0 spiro atoms. The summed E-state index contributed by atoms with van der Waals surface area (Å²) in [5, 5.41) is 16.8. The van der Waals surface area contributed by atoms with E-state index in [1.165, 1.54) is 5.56 Å². The van der Waals surface area contributed by atoms with Gasteiger partial charge in [0.05, 0.1) is 40.7 Å². The summed E-state index contributed by atoms with van der Waals surface area (Å²) in [4.78, 5) is 14.7. The summed E-state index contributed by atoms with van der Waals surface area (Å²) in [5.41, 5.74) is 5.63. The molecule has 30 heavy (non-hydrogen) atoms. The van der Waals surface area contributed by atoms with Crippen LogP contribution in [-0.4, -0.2) is 38.6 Å². The number of pyridine rings is 2. The van der Waals surface area contributed by atoms with E-state index in [9.17, 15) is 13.2 Å². The topological polar surface area (TPSA) is 82.8 Å². The SMILES string of the molecule is Cc1nc(-c2cccnc2)sc1-c1ccc2c(n1)C(=N)CCC2.OCCC(F)(F)F. The Bertz CT molecular complexity index is 1020. The molecular weight excluding hydrogens is 413 g/mol. The molecule has 3 heterocycles. The first kappa shape index (κ1) is 22.0. The van der Waals surface area contributed by atoms with Gasteiger partial charge in [-0.25, -0.2) is 9.97 Å². The number of aliphatic hydroxyl groups excluding tert-OH is 1. The van der Waals surface area contributed by atoms with Gasteiger partial charge in [0, 0.05) is 18.0 Å². The van der Waals surface area contributed by atoms with Crippen molar-refractivity contribution < 1.29 is 18.3 Å². The highest BCUT2D eigenvalue weighted by atomic mass is 32.1. The minimum Gasteiger partial charge on any atom is -0.396 e. The predicted octanol–water partition coefficient (Wildman–Crippen LogP) is 5.21. The number of rotatable bonds is 3. The van der Waals surface area contributed by atoms with Crippen LogP contribution in [0.2, 0.25) is 0 Å². The maximum absolute atomic E-state index is 10.9.